The van der Waals surface area contributed by atoms with Crippen LogP contribution in [0.15, 0.2) is 30.3 Å². The zero-order valence-corrected chi connectivity index (χ0v) is 12.0. The Morgan fingerprint density at radius 3 is 2.39 bits per heavy atom. The predicted octanol–water partition coefficient (Wildman–Crippen LogP) is 3.42. The van der Waals surface area contributed by atoms with Gasteiger partial charge in [0.25, 0.3) is 0 Å². The van der Waals surface area contributed by atoms with Gasteiger partial charge in [-0.3, -0.25) is 4.79 Å². The molecule has 1 atom stereocenters. The van der Waals surface area contributed by atoms with Crippen molar-refractivity contribution in [1.29, 1.82) is 0 Å². The molecule has 1 rings (SSSR count). The highest BCUT2D eigenvalue weighted by atomic mass is 16.1. The number of hydrogen-bond acceptors (Lipinski definition) is 2. The minimum absolute atomic E-state index is 0.203. The minimum atomic E-state index is 0.203. The zero-order valence-electron chi connectivity index (χ0n) is 12.0. The highest BCUT2D eigenvalue weighted by Crippen LogP contribution is 2.27. The molecule has 0 spiro atoms. The number of rotatable bonds is 6. The molecule has 0 aliphatic heterocycles. The summed E-state index contributed by atoms with van der Waals surface area (Å²) in [5.41, 5.74) is 1.42. The van der Waals surface area contributed by atoms with E-state index in [1.54, 1.807) is 0 Å². The van der Waals surface area contributed by atoms with E-state index in [2.05, 4.69) is 45.1 Å². The molecule has 1 aromatic carbocycles. The third kappa shape index (κ3) is 5.46. The SMILES string of the molecule is CC(CC(=O)CNCc1ccccc1)C(C)(C)C. The molecule has 0 radical (unpaired) electrons. The summed E-state index contributed by atoms with van der Waals surface area (Å²) < 4.78 is 0. The van der Waals surface area contributed by atoms with Crippen LogP contribution in [0, 0.1) is 11.3 Å². The number of carbonyl (C=O) groups excluding carboxylic acids is 1. The molecule has 18 heavy (non-hydrogen) atoms. The Morgan fingerprint density at radius 1 is 1.22 bits per heavy atom. The van der Waals surface area contributed by atoms with Crippen molar-refractivity contribution < 1.29 is 4.79 Å². The molecule has 1 N–H and O–H groups in total. The van der Waals surface area contributed by atoms with Crippen molar-refractivity contribution in [3.05, 3.63) is 35.9 Å². The summed E-state index contributed by atoms with van der Waals surface area (Å²) in [5.74, 6) is 0.719. The summed E-state index contributed by atoms with van der Waals surface area (Å²) in [4.78, 5) is 11.8. The average molecular weight is 247 g/mol. The van der Waals surface area contributed by atoms with Crippen molar-refractivity contribution in [2.45, 2.75) is 40.7 Å². The van der Waals surface area contributed by atoms with Crippen LogP contribution in [0.4, 0.5) is 0 Å². The fraction of sp³-hybridized carbons (Fsp3) is 0.562. The molecule has 1 unspecified atom stereocenters. The van der Waals surface area contributed by atoms with Crippen molar-refractivity contribution in [1.82, 2.24) is 5.32 Å². The Balaban J connectivity index is 2.26. The first-order valence-corrected chi connectivity index (χ1v) is 6.66. The van der Waals surface area contributed by atoms with Gasteiger partial charge in [0, 0.05) is 13.0 Å². The molecule has 0 saturated heterocycles. The van der Waals surface area contributed by atoms with Crippen LogP contribution in [0.5, 0.6) is 0 Å². The Kier molecular flexibility index (Phi) is 5.54. The van der Waals surface area contributed by atoms with E-state index in [4.69, 9.17) is 0 Å². The first-order valence-electron chi connectivity index (χ1n) is 6.66. The van der Waals surface area contributed by atoms with Gasteiger partial charge in [0.2, 0.25) is 0 Å². The summed E-state index contributed by atoms with van der Waals surface area (Å²) in [6, 6.07) is 10.2. The largest absolute Gasteiger partial charge is 0.306 e. The van der Waals surface area contributed by atoms with Crippen LogP contribution in [0.1, 0.15) is 39.7 Å². The lowest BCUT2D eigenvalue weighted by Gasteiger charge is -2.26. The summed E-state index contributed by atoms with van der Waals surface area (Å²) in [7, 11) is 0. The third-order valence-electron chi connectivity index (χ3n) is 3.51. The molecule has 0 saturated carbocycles. The van der Waals surface area contributed by atoms with Crippen LogP contribution in [0.3, 0.4) is 0 Å². The van der Waals surface area contributed by atoms with E-state index in [-0.39, 0.29) is 5.41 Å². The van der Waals surface area contributed by atoms with Gasteiger partial charge in [0.15, 0.2) is 0 Å². The predicted molar refractivity (Wildman–Crippen MR) is 76.4 cm³/mol. The monoisotopic (exact) mass is 247 g/mol. The van der Waals surface area contributed by atoms with E-state index in [0.29, 0.717) is 24.7 Å². The summed E-state index contributed by atoms with van der Waals surface area (Å²) >= 11 is 0. The third-order valence-corrected chi connectivity index (χ3v) is 3.51. The summed E-state index contributed by atoms with van der Waals surface area (Å²) in [6.07, 6.45) is 0.658. The standard InChI is InChI=1S/C16H25NO/c1-13(16(2,3)4)10-15(18)12-17-11-14-8-6-5-7-9-14/h5-9,13,17H,10-12H2,1-4H3. The fourth-order valence-electron chi connectivity index (χ4n) is 1.66. The number of benzene rings is 1. The van der Waals surface area contributed by atoms with E-state index in [1.165, 1.54) is 5.56 Å². The van der Waals surface area contributed by atoms with Crippen LogP contribution in [0.2, 0.25) is 0 Å². The number of hydrogen-bond donors (Lipinski definition) is 1. The molecule has 2 heteroatoms. The molecule has 0 aliphatic carbocycles. The second-order valence-corrected chi connectivity index (χ2v) is 6.10. The van der Waals surface area contributed by atoms with Gasteiger partial charge in [0.1, 0.15) is 5.78 Å². The van der Waals surface area contributed by atoms with E-state index >= 15 is 0 Å². The number of ketones is 1. The second-order valence-electron chi connectivity index (χ2n) is 6.10. The van der Waals surface area contributed by atoms with E-state index in [0.717, 1.165) is 6.54 Å². The molecule has 0 heterocycles. The van der Waals surface area contributed by atoms with Gasteiger partial charge in [-0.1, -0.05) is 58.0 Å². The second kappa shape index (κ2) is 6.69. The van der Waals surface area contributed by atoms with Crippen LogP contribution in [-0.2, 0) is 11.3 Å². The van der Waals surface area contributed by atoms with Crippen LogP contribution >= 0.6 is 0 Å². The first kappa shape index (κ1) is 14.9. The maximum absolute atomic E-state index is 11.8. The quantitative estimate of drug-likeness (QED) is 0.834. The van der Waals surface area contributed by atoms with Gasteiger partial charge in [-0.2, -0.15) is 0 Å². The maximum Gasteiger partial charge on any atom is 0.146 e. The highest BCUT2D eigenvalue weighted by molar-refractivity contribution is 5.80. The molecule has 0 aromatic heterocycles. The van der Waals surface area contributed by atoms with Gasteiger partial charge in [-0.05, 0) is 16.9 Å². The summed E-state index contributed by atoms with van der Waals surface area (Å²) in [6.45, 7) is 9.92. The molecule has 0 aliphatic rings. The molecular formula is C16H25NO. The Morgan fingerprint density at radius 2 is 1.83 bits per heavy atom. The maximum atomic E-state index is 11.8. The van der Waals surface area contributed by atoms with Gasteiger partial charge in [-0.25, -0.2) is 0 Å². The van der Waals surface area contributed by atoms with Crippen LogP contribution in [-0.4, -0.2) is 12.3 Å². The Hall–Kier alpha value is -1.15. The zero-order chi connectivity index (χ0) is 13.6. The lowest BCUT2D eigenvalue weighted by molar-refractivity contribution is -0.119. The molecular weight excluding hydrogens is 222 g/mol. The lowest BCUT2D eigenvalue weighted by Crippen LogP contribution is -2.27. The number of carbonyl (C=O) groups is 1. The van der Waals surface area contributed by atoms with E-state index in [1.807, 2.05) is 18.2 Å². The molecule has 0 amide bonds. The van der Waals surface area contributed by atoms with Crippen molar-refractivity contribution >= 4 is 5.78 Å². The van der Waals surface area contributed by atoms with Gasteiger partial charge in [0.05, 0.1) is 6.54 Å². The topological polar surface area (TPSA) is 29.1 Å². The van der Waals surface area contributed by atoms with Crippen molar-refractivity contribution in [3.8, 4) is 0 Å². The average Bonchev–Trinajstić information content (AvgIpc) is 2.29. The highest BCUT2D eigenvalue weighted by Gasteiger charge is 2.22. The smallest absolute Gasteiger partial charge is 0.146 e. The minimum Gasteiger partial charge on any atom is -0.306 e. The van der Waals surface area contributed by atoms with Crippen LogP contribution < -0.4 is 5.32 Å². The van der Waals surface area contributed by atoms with Gasteiger partial charge in [-0.15, -0.1) is 0 Å². The van der Waals surface area contributed by atoms with Crippen molar-refractivity contribution in [3.63, 3.8) is 0 Å². The molecule has 0 fully saturated rings. The summed E-state index contributed by atoms with van der Waals surface area (Å²) in [5, 5.41) is 3.21. The fourth-order valence-corrected chi connectivity index (χ4v) is 1.66. The van der Waals surface area contributed by atoms with Crippen LogP contribution in [0.25, 0.3) is 0 Å². The normalized spacial score (nSPS) is 13.3. The number of Topliss-reactive ketones (excluding diaryl/α,β-unsaturated/α-hetero) is 1. The van der Waals surface area contributed by atoms with E-state index in [9.17, 15) is 4.79 Å². The Labute approximate surface area is 111 Å². The Bertz CT molecular complexity index is 364. The van der Waals surface area contributed by atoms with Gasteiger partial charge < -0.3 is 5.32 Å². The molecule has 1 aromatic rings. The molecule has 0 bridgehead atoms. The van der Waals surface area contributed by atoms with E-state index < -0.39 is 0 Å². The lowest BCUT2D eigenvalue weighted by atomic mass is 9.79. The van der Waals surface area contributed by atoms with Crippen molar-refractivity contribution in [2.24, 2.45) is 11.3 Å². The van der Waals surface area contributed by atoms with Crippen molar-refractivity contribution in [2.75, 3.05) is 6.54 Å². The molecule has 100 valence electrons. The molecule has 2 nitrogen and oxygen atoms in total. The number of nitrogens with one attached hydrogen (secondary N) is 1. The van der Waals surface area contributed by atoms with Gasteiger partial charge >= 0.3 is 0 Å². The first-order chi connectivity index (χ1) is 8.39.